The number of halogens is 1. The first kappa shape index (κ1) is 15.3. The monoisotopic (exact) mass is 300 g/mol. The molecule has 0 saturated carbocycles. The molecular weight excluding hydrogens is 280 g/mol. The lowest BCUT2D eigenvalue weighted by Gasteiger charge is -2.29. The Morgan fingerprint density at radius 2 is 1.80 bits per heavy atom. The van der Waals surface area contributed by atoms with Gasteiger partial charge in [-0.1, -0.05) is 22.9 Å². The van der Waals surface area contributed by atoms with Crippen LogP contribution in [0.2, 0.25) is 0 Å². The molecule has 0 unspecified atom stereocenters. The first-order chi connectivity index (χ1) is 6.87. The number of nitrogens with zero attached hydrogens (tertiary/aromatic N) is 2. The van der Waals surface area contributed by atoms with Gasteiger partial charge in [-0.3, -0.25) is 0 Å². The Hall–Kier alpha value is 0.350. The van der Waals surface area contributed by atoms with Crippen LogP contribution in [0.1, 0.15) is 27.2 Å². The molecule has 0 aromatic rings. The van der Waals surface area contributed by atoms with E-state index in [1.54, 1.807) is 7.05 Å². The predicted molar refractivity (Wildman–Crippen MR) is 67.5 cm³/mol. The van der Waals surface area contributed by atoms with Crippen LogP contribution in [0.3, 0.4) is 0 Å². The van der Waals surface area contributed by atoms with Gasteiger partial charge in [0.15, 0.2) is 0 Å². The highest BCUT2D eigenvalue weighted by Crippen LogP contribution is 2.10. The van der Waals surface area contributed by atoms with Crippen LogP contribution in [0.15, 0.2) is 0 Å². The van der Waals surface area contributed by atoms with Gasteiger partial charge in [-0.05, 0) is 20.3 Å². The van der Waals surface area contributed by atoms with Crippen LogP contribution >= 0.6 is 15.9 Å². The minimum Gasteiger partial charge on any atom is -0.195 e. The van der Waals surface area contributed by atoms with Gasteiger partial charge in [0, 0.05) is 31.5 Å². The molecule has 0 heterocycles. The van der Waals surface area contributed by atoms with Gasteiger partial charge in [-0.15, -0.1) is 0 Å². The summed E-state index contributed by atoms with van der Waals surface area (Å²) in [5.41, 5.74) is 0. The fourth-order valence-corrected chi connectivity index (χ4v) is 3.43. The predicted octanol–water partition coefficient (Wildman–Crippen LogP) is 1.68. The first-order valence-electron chi connectivity index (χ1n) is 5.17. The highest BCUT2D eigenvalue weighted by Gasteiger charge is 2.27. The van der Waals surface area contributed by atoms with Crippen LogP contribution in [0.5, 0.6) is 0 Å². The lowest BCUT2D eigenvalue weighted by atomic mass is 10.4. The Labute approximate surface area is 102 Å². The minimum absolute atomic E-state index is 0.00955. The topological polar surface area (TPSA) is 40.6 Å². The Kier molecular flexibility index (Phi) is 6.99. The standard InChI is InChI=1S/C9H21BrN2O2S/c1-5-7-12(8-6-10)15(13,14)11(4)9(2)3/h9H,5-8H2,1-4H3. The maximum atomic E-state index is 12.1. The number of rotatable bonds is 7. The summed E-state index contributed by atoms with van der Waals surface area (Å²) >= 11 is 3.27. The van der Waals surface area contributed by atoms with E-state index < -0.39 is 10.2 Å². The molecule has 0 N–H and O–H groups in total. The molecule has 0 amide bonds. The molecule has 0 aromatic carbocycles. The molecule has 15 heavy (non-hydrogen) atoms. The minimum atomic E-state index is -3.29. The van der Waals surface area contributed by atoms with E-state index >= 15 is 0 Å². The van der Waals surface area contributed by atoms with E-state index in [1.807, 2.05) is 20.8 Å². The maximum absolute atomic E-state index is 12.1. The summed E-state index contributed by atoms with van der Waals surface area (Å²) in [5, 5.41) is 0.665. The Balaban J connectivity index is 4.78. The summed E-state index contributed by atoms with van der Waals surface area (Å²) in [4.78, 5) is 0. The van der Waals surface area contributed by atoms with E-state index in [2.05, 4.69) is 15.9 Å². The molecule has 6 heteroatoms. The Morgan fingerprint density at radius 3 is 2.13 bits per heavy atom. The largest absolute Gasteiger partial charge is 0.281 e. The second kappa shape index (κ2) is 6.83. The Bertz CT molecular complexity index is 261. The van der Waals surface area contributed by atoms with Crippen molar-refractivity contribution in [2.75, 3.05) is 25.5 Å². The molecule has 0 radical (unpaired) electrons. The highest BCUT2D eigenvalue weighted by atomic mass is 79.9. The van der Waals surface area contributed by atoms with Gasteiger partial charge in [-0.2, -0.15) is 17.0 Å². The molecule has 0 aliphatic rings. The molecule has 92 valence electrons. The van der Waals surface area contributed by atoms with Crippen molar-refractivity contribution in [3.05, 3.63) is 0 Å². The van der Waals surface area contributed by atoms with E-state index in [0.717, 1.165) is 6.42 Å². The van der Waals surface area contributed by atoms with Crippen LogP contribution in [-0.4, -0.2) is 48.5 Å². The molecule has 0 fully saturated rings. The average Bonchev–Trinajstić information content (AvgIpc) is 2.16. The number of alkyl halides is 1. The van der Waals surface area contributed by atoms with E-state index in [-0.39, 0.29) is 6.04 Å². The van der Waals surface area contributed by atoms with Gasteiger partial charge >= 0.3 is 0 Å². The van der Waals surface area contributed by atoms with Gasteiger partial charge in [0.1, 0.15) is 0 Å². The molecular formula is C9H21BrN2O2S. The fourth-order valence-electron chi connectivity index (χ4n) is 1.13. The third-order valence-electron chi connectivity index (χ3n) is 2.22. The molecule has 0 spiro atoms. The zero-order valence-electron chi connectivity index (χ0n) is 9.90. The molecule has 0 bridgehead atoms. The second-order valence-electron chi connectivity index (χ2n) is 3.71. The molecule has 0 aromatic heterocycles. The third-order valence-corrected chi connectivity index (χ3v) is 4.75. The molecule has 0 rings (SSSR count). The molecule has 0 aliphatic heterocycles. The van der Waals surface area contributed by atoms with Crippen LogP contribution in [0.25, 0.3) is 0 Å². The van der Waals surface area contributed by atoms with E-state index in [0.29, 0.717) is 18.4 Å². The van der Waals surface area contributed by atoms with Crippen molar-refractivity contribution in [2.45, 2.75) is 33.2 Å². The molecule has 4 nitrogen and oxygen atoms in total. The SMILES string of the molecule is CCCN(CCBr)S(=O)(=O)N(C)C(C)C. The smallest absolute Gasteiger partial charge is 0.195 e. The van der Waals surface area contributed by atoms with Crippen LogP contribution in [0.4, 0.5) is 0 Å². The summed E-state index contributed by atoms with van der Waals surface area (Å²) in [6.07, 6.45) is 0.832. The van der Waals surface area contributed by atoms with E-state index in [1.165, 1.54) is 8.61 Å². The Morgan fingerprint density at radius 1 is 1.27 bits per heavy atom. The fraction of sp³-hybridized carbons (Fsp3) is 1.00. The van der Waals surface area contributed by atoms with Crippen molar-refractivity contribution in [1.29, 1.82) is 0 Å². The number of hydrogen-bond acceptors (Lipinski definition) is 2. The van der Waals surface area contributed by atoms with Crippen LogP contribution < -0.4 is 0 Å². The van der Waals surface area contributed by atoms with Gasteiger partial charge < -0.3 is 0 Å². The highest BCUT2D eigenvalue weighted by molar-refractivity contribution is 9.09. The normalized spacial score (nSPS) is 13.1. The maximum Gasteiger partial charge on any atom is 0.281 e. The van der Waals surface area contributed by atoms with E-state index in [4.69, 9.17) is 0 Å². The lowest BCUT2D eigenvalue weighted by molar-refractivity contribution is 0.342. The van der Waals surface area contributed by atoms with Gasteiger partial charge in [-0.25, -0.2) is 0 Å². The number of hydrogen-bond donors (Lipinski definition) is 0. The van der Waals surface area contributed by atoms with Crippen molar-refractivity contribution >= 4 is 26.1 Å². The summed E-state index contributed by atoms with van der Waals surface area (Å²) < 4.78 is 27.1. The average molecular weight is 301 g/mol. The third kappa shape index (κ3) is 4.38. The van der Waals surface area contributed by atoms with Crippen molar-refractivity contribution in [3.63, 3.8) is 0 Å². The molecule has 0 atom stereocenters. The second-order valence-corrected chi connectivity index (χ2v) is 6.49. The van der Waals surface area contributed by atoms with Crippen molar-refractivity contribution in [2.24, 2.45) is 0 Å². The molecule has 0 aliphatic carbocycles. The van der Waals surface area contributed by atoms with Gasteiger partial charge in [0.05, 0.1) is 0 Å². The van der Waals surface area contributed by atoms with Crippen LogP contribution in [0, 0.1) is 0 Å². The van der Waals surface area contributed by atoms with Crippen LogP contribution in [-0.2, 0) is 10.2 Å². The zero-order chi connectivity index (χ0) is 12.1. The first-order valence-corrected chi connectivity index (χ1v) is 7.68. The van der Waals surface area contributed by atoms with Gasteiger partial charge in [0.2, 0.25) is 0 Å². The van der Waals surface area contributed by atoms with Crippen molar-refractivity contribution < 1.29 is 8.42 Å². The summed E-state index contributed by atoms with van der Waals surface area (Å²) in [6.45, 7) is 6.82. The zero-order valence-corrected chi connectivity index (χ0v) is 12.3. The summed E-state index contributed by atoms with van der Waals surface area (Å²) in [6, 6.07) is -0.00955. The van der Waals surface area contributed by atoms with Crippen molar-refractivity contribution in [1.82, 2.24) is 8.61 Å². The summed E-state index contributed by atoms with van der Waals surface area (Å²) in [5.74, 6) is 0. The molecule has 0 saturated heterocycles. The van der Waals surface area contributed by atoms with E-state index in [9.17, 15) is 8.42 Å². The summed E-state index contributed by atoms with van der Waals surface area (Å²) in [7, 11) is -1.67. The van der Waals surface area contributed by atoms with Crippen molar-refractivity contribution in [3.8, 4) is 0 Å². The van der Waals surface area contributed by atoms with Gasteiger partial charge in [0.25, 0.3) is 10.2 Å². The lowest BCUT2D eigenvalue weighted by Crippen LogP contribution is -2.45. The quantitative estimate of drug-likeness (QED) is 0.671.